The first kappa shape index (κ1) is 22.0. The number of unbranched alkanes of at least 4 members (excludes halogenated alkanes) is 4. The van der Waals surface area contributed by atoms with Crippen LogP contribution < -0.4 is 10.4 Å². The highest BCUT2D eigenvalue weighted by atomic mass is 28.4. The Hall–Kier alpha value is -1.68. The molecule has 1 unspecified atom stereocenters. The maximum Gasteiger partial charge on any atom is 0.407 e. The van der Waals surface area contributed by atoms with Gasteiger partial charge in [0.15, 0.2) is 0 Å². The van der Waals surface area contributed by atoms with Crippen molar-refractivity contribution >= 4 is 18.9 Å². The van der Waals surface area contributed by atoms with E-state index in [1.54, 1.807) is 0 Å². The second-order valence-corrected chi connectivity index (χ2v) is 11.0. The summed E-state index contributed by atoms with van der Waals surface area (Å²) < 4.78 is 13.6. The zero-order valence-corrected chi connectivity index (χ0v) is 18.9. The third-order valence-electron chi connectivity index (χ3n) is 5.76. The van der Waals surface area contributed by atoms with Crippen molar-refractivity contribution in [3.8, 4) is 0 Å². The summed E-state index contributed by atoms with van der Waals surface area (Å²) in [5.41, 5.74) is 0. The van der Waals surface area contributed by atoms with Crippen molar-refractivity contribution < 1.29 is 8.85 Å². The highest BCUT2D eigenvalue weighted by Crippen LogP contribution is 2.21. The fourth-order valence-corrected chi connectivity index (χ4v) is 7.27. The summed E-state index contributed by atoms with van der Waals surface area (Å²) in [4.78, 5) is 0. The van der Waals surface area contributed by atoms with Crippen molar-refractivity contribution in [2.24, 2.45) is 5.92 Å². The largest absolute Gasteiger partial charge is 0.407 e. The molecule has 0 saturated heterocycles. The molecule has 0 heterocycles. The lowest BCUT2D eigenvalue weighted by molar-refractivity contribution is 0.158. The molecule has 0 bridgehead atoms. The Balaban J connectivity index is 1.81. The maximum atomic E-state index is 6.85. The van der Waals surface area contributed by atoms with Crippen molar-refractivity contribution in [3.05, 3.63) is 72.8 Å². The van der Waals surface area contributed by atoms with E-state index in [0.717, 1.165) is 32.5 Å². The fourth-order valence-electron chi connectivity index (χ4n) is 4.02. The molecular weight excluding hydrogens is 372 g/mol. The Labute approximate surface area is 178 Å². The molecular formula is C26H36O2Si. The van der Waals surface area contributed by atoms with Crippen LogP contribution in [0.15, 0.2) is 72.8 Å². The molecule has 2 aromatic rings. The van der Waals surface area contributed by atoms with E-state index in [1.807, 2.05) is 0 Å². The van der Waals surface area contributed by atoms with E-state index in [9.17, 15) is 0 Å². The standard InChI is InChI=1S/C26H36O2Si/c1-2-3-4-5-15-22-27-29(25-18-11-7-12-19-25,26-20-13-8-14-21-26)28-23-24-16-9-6-10-17-24/h6-9,11-14,18-21,24H,2-5,10,15-17,22-23H2,1H3. The molecule has 156 valence electrons. The molecule has 0 aliphatic heterocycles. The third-order valence-corrected chi connectivity index (χ3v) is 9.13. The van der Waals surface area contributed by atoms with E-state index >= 15 is 0 Å². The van der Waals surface area contributed by atoms with Crippen molar-refractivity contribution in [2.75, 3.05) is 13.2 Å². The number of hydrogen-bond acceptors (Lipinski definition) is 2. The van der Waals surface area contributed by atoms with Gasteiger partial charge in [-0.2, -0.15) is 0 Å². The van der Waals surface area contributed by atoms with Gasteiger partial charge < -0.3 is 8.85 Å². The summed E-state index contributed by atoms with van der Waals surface area (Å²) in [5, 5.41) is 2.43. The van der Waals surface area contributed by atoms with Gasteiger partial charge in [0.1, 0.15) is 0 Å². The summed E-state index contributed by atoms with van der Waals surface area (Å²) in [6, 6.07) is 21.3. The Morgan fingerprint density at radius 2 is 1.45 bits per heavy atom. The van der Waals surface area contributed by atoms with Crippen molar-refractivity contribution in [2.45, 2.75) is 58.3 Å². The quantitative estimate of drug-likeness (QED) is 0.258. The Morgan fingerprint density at radius 3 is 2.03 bits per heavy atom. The molecule has 0 fully saturated rings. The summed E-state index contributed by atoms with van der Waals surface area (Å²) in [5.74, 6) is 0.590. The first-order chi connectivity index (χ1) is 14.3. The van der Waals surface area contributed by atoms with E-state index in [1.165, 1.54) is 42.5 Å². The number of benzene rings is 2. The molecule has 2 nitrogen and oxygen atoms in total. The van der Waals surface area contributed by atoms with Gasteiger partial charge in [0.25, 0.3) is 0 Å². The normalized spacial score (nSPS) is 16.8. The van der Waals surface area contributed by atoms with Crippen LogP contribution >= 0.6 is 0 Å². The van der Waals surface area contributed by atoms with Crippen LogP contribution in [0.3, 0.4) is 0 Å². The predicted octanol–water partition coefficient (Wildman–Crippen LogP) is 5.60. The van der Waals surface area contributed by atoms with Crippen LogP contribution in [0.1, 0.15) is 58.3 Å². The number of allylic oxidation sites excluding steroid dienone is 2. The van der Waals surface area contributed by atoms with E-state index < -0.39 is 8.56 Å². The highest BCUT2D eigenvalue weighted by Gasteiger charge is 2.43. The van der Waals surface area contributed by atoms with Crippen molar-refractivity contribution in [3.63, 3.8) is 0 Å². The molecule has 2 aromatic carbocycles. The van der Waals surface area contributed by atoms with Crippen molar-refractivity contribution in [1.82, 2.24) is 0 Å². The van der Waals surface area contributed by atoms with Gasteiger partial charge in [-0.1, -0.05) is 105 Å². The van der Waals surface area contributed by atoms with Gasteiger partial charge in [0.05, 0.1) is 0 Å². The Bertz CT molecular complexity index is 675. The van der Waals surface area contributed by atoms with Crippen LogP contribution in [0.5, 0.6) is 0 Å². The lowest BCUT2D eigenvalue weighted by Gasteiger charge is -2.33. The molecule has 0 aromatic heterocycles. The zero-order chi connectivity index (χ0) is 20.2. The van der Waals surface area contributed by atoms with E-state index in [-0.39, 0.29) is 0 Å². The Kier molecular flexibility index (Phi) is 9.19. The van der Waals surface area contributed by atoms with Gasteiger partial charge in [-0.3, -0.25) is 0 Å². The van der Waals surface area contributed by atoms with E-state index in [2.05, 4.69) is 79.7 Å². The molecule has 0 N–H and O–H groups in total. The van der Waals surface area contributed by atoms with E-state index in [0.29, 0.717) is 5.92 Å². The Morgan fingerprint density at radius 1 is 0.793 bits per heavy atom. The predicted molar refractivity (Wildman–Crippen MR) is 125 cm³/mol. The van der Waals surface area contributed by atoms with Crippen LogP contribution in [0.25, 0.3) is 0 Å². The van der Waals surface area contributed by atoms with Crippen LogP contribution in [-0.4, -0.2) is 21.8 Å². The maximum absolute atomic E-state index is 6.85. The molecule has 0 radical (unpaired) electrons. The molecule has 0 saturated carbocycles. The van der Waals surface area contributed by atoms with Crippen LogP contribution in [0.4, 0.5) is 0 Å². The third kappa shape index (κ3) is 6.40. The summed E-state index contributed by atoms with van der Waals surface area (Å²) in [6.07, 6.45) is 14.3. The molecule has 1 aliphatic rings. The SMILES string of the molecule is CCCCCCCO[Si](OCC1CC=CCC1)(c1ccccc1)c1ccccc1. The first-order valence-electron chi connectivity index (χ1n) is 11.4. The molecule has 29 heavy (non-hydrogen) atoms. The lowest BCUT2D eigenvalue weighted by Crippen LogP contribution is -2.64. The number of rotatable bonds is 12. The van der Waals surface area contributed by atoms with Gasteiger partial charge in [-0.15, -0.1) is 0 Å². The minimum atomic E-state index is -2.72. The molecule has 0 amide bonds. The molecule has 0 spiro atoms. The second-order valence-electron chi connectivity index (χ2n) is 8.07. The minimum Gasteiger partial charge on any atom is -0.388 e. The second kappa shape index (κ2) is 12.1. The first-order valence-corrected chi connectivity index (χ1v) is 13.2. The molecule has 3 rings (SSSR count). The minimum absolute atomic E-state index is 0.590. The lowest BCUT2D eigenvalue weighted by atomic mass is 9.96. The summed E-state index contributed by atoms with van der Waals surface area (Å²) >= 11 is 0. The zero-order valence-electron chi connectivity index (χ0n) is 17.9. The summed E-state index contributed by atoms with van der Waals surface area (Å²) in [6.45, 7) is 3.80. The van der Waals surface area contributed by atoms with Gasteiger partial charge in [0.2, 0.25) is 0 Å². The molecule has 3 heteroatoms. The van der Waals surface area contributed by atoms with Gasteiger partial charge in [-0.05, 0) is 42.0 Å². The average Bonchev–Trinajstić information content (AvgIpc) is 2.80. The fraction of sp³-hybridized carbons (Fsp3) is 0.462. The van der Waals surface area contributed by atoms with Crippen molar-refractivity contribution in [1.29, 1.82) is 0 Å². The summed E-state index contributed by atoms with van der Waals surface area (Å²) in [7, 11) is -2.72. The average molecular weight is 409 g/mol. The monoisotopic (exact) mass is 408 g/mol. The molecule has 1 atom stereocenters. The highest BCUT2D eigenvalue weighted by molar-refractivity contribution is 6.92. The number of hydrogen-bond donors (Lipinski definition) is 0. The van der Waals surface area contributed by atoms with Crippen LogP contribution in [-0.2, 0) is 8.85 Å². The van der Waals surface area contributed by atoms with Gasteiger partial charge in [-0.25, -0.2) is 0 Å². The smallest absolute Gasteiger partial charge is 0.388 e. The van der Waals surface area contributed by atoms with Crippen LogP contribution in [0.2, 0.25) is 0 Å². The van der Waals surface area contributed by atoms with E-state index in [4.69, 9.17) is 8.85 Å². The van der Waals surface area contributed by atoms with Crippen LogP contribution in [0, 0.1) is 5.92 Å². The molecule has 1 aliphatic carbocycles. The van der Waals surface area contributed by atoms with Gasteiger partial charge in [0, 0.05) is 13.2 Å². The van der Waals surface area contributed by atoms with Gasteiger partial charge >= 0.3 is 8.56 Å². The topological polar surface area (TPSA) is 18.5 Å².